The van der Waals surface area contributed by atoms with Crippen LogP contribution in [0.4, 0.5) is 0 Å². The topological polar surface area (TPSA) is 71.4 Å². The Labute approximate surface area is 124 Å². The maximum atomic E-state index is 10.5. The lowest BCUT2D eigenvalue weighted by molar-refractivity contribution is -0.119. The van der Waals surface area contributed by atoms with E-state index in [1.54, 1.807) is 0 Å². The molecule has 1 atom stereocenters. The summed E-state index contributed by atoms with van der Waals surface area (Å²) < 4.78 is 0. The second-order valence-corrected chi connectivity index (χ2v) is 4.92. The summed E-state index contributed by atoms with van der Waals surface area (Å²) in [6, 6.07) is 0. The van der Waals surface area contributed by atoms with Crippen molar-refractivity contribution in [3.05, 3.63) is 0 Å². The number of rotatable bonds is 8. The van der Waals surface area contributed by atoms with Crippen molar-refractivity contribution >= 4 is 17.9 Å². The van der Waals surface area contributed by atoms with Gasteiger partial charge in [-0.15, -0.1) is 0 Å². The maximum absolute atomic E-state index is 10.5. The maximum Gasteiger partial charge on any atom is 0.132 e. The minimum Gasteiger partial charge on any atom is -0.393 e. The normalized spacial score (nSPS) is 10.3. The number of unbranched alkanes of at least 4 members (excludes halogenated alkanes) is 3. The van der Waals surface area contributed by atoms with Gasteiger partial charge < -0.3 is 14.7 Å². The number of aliphatic hydroxyl groups is 1. The van der Waals surface area contributed by atoms with E-state index in [1.807, 2.05) is 0 Å². The van der Waals surface area contributed by atoms with Crippen molar-refractivity contribution in [1.29, 1.82) is 0 Å². The van der Waals surface area contributed by atoms with Crippen molar-refractivity contribution < 1.29 is 19.5 Å². The van der Waals surface area contributed by atoms with Crippen LogP contribution in [0.25, 0.3) is 0 Å². The molecule has 0 fully saturated rings. The second-order valence-electron chi connectivity index (χ2n) is 4.92. The smallest absolute Gasteiger partial charge is 0.132 e. The molecule has 0 heterocycles. The van der Waals surface area contributed by atoms with Gasteiger partial charge in [-0.05, 0) is 33.6 Å². The van der Waals surface area contributed by atoms with Crippen LogP contribution in [0.1, 0.15) is 79.6 Å². The van der Waals surface area contributed by atoms with Crippen molar-refractivity contribution in [2.75, 3.05) is 0 Å². The van der Waals surface area contributed by atoms with Crippen LogP contribution in [0.2, 0.25) is 0 Å². The number of carbonyl (C=O) groups is 3. The van der Waals surface area contributed by atoms with Crippen LogP contribution < -0.4 is 0 Å². The average molecular weight is 288 g/mol. The predicted octanol–water partition coefficient (Wildman–Crippen LogP) is 3.49. The second kappa shape index (κ2) is 20.3. The van der Waals surface area contributed by atoms with Gasteiger partial charge in [0.15, 0.2) is 0 Å². The Hall–Kier alpha value is -1.03. The summed E-state index contributed by atoms with van der Waals surface area (Å²) in [5.41, 5.74) is 0. The number of hydrogen-bond acceptors (Lipinski definition) is 4. The quantitative estimate of drug-likeness (QED) is 0.548. The number of aldehydes is 1. The van der Waals surface area contributed by atoms with Crippen LogP contribution >= 0.6 is 0 Å². The molecule has 4 heteroatoms. The van der Waals surface area contributed by atoms with Gasteiger partial charge in [-0.3, -0.25) is 4.79 Å². The minimum atomic E-state index is -0.405. The molecule has 0 spiro atoms. The summed E-state index contributed by atoms with van der Waals surface area (Å²) in [7, 11) is 0. The molecule has 0 radical (unpaired) electrons. The molecule has 0 aromatic carbocycles. The Morgan fingerprint density at radius 3 is 1.75 bits per heavy atom. The third kappa shape index (κ3) is 43.5. The molecule has 0 bridgehead atoms. The third-order valence-corrected chi connectivity index (χ3v) is 2.09. The number of aliphatic hydroxyl groups excluding tert-OH is 1. The van der Waals surface area contributed by atoms with E-state index in [1.165, 1.54) is 20.8 Å². The van der Waals surface area contributed by atoms with Crippen LogP contribution in [0, 0.1) is 0 Å². The number of hydrogen-bond donors (Lipinski definition) is 1. The lowest BCUT2D eigenvalue weighted by Gasteiger charge is -2.05. The number of ketones is 2. The van der Waals surface area contributed by atoms with Crippen LogP contribution in [0.15, 0.2) is 0 Å². The van der Waals surface area contributed by atoms with E-state index in [9.17, 15) is 14.4 Å². The van der Waals surface area contributed by atoms with Gasteiger partial charge in [0.05, 0.1) is 6.10 Å². The molecule has 0 aromatic rings. The Bertz CT molecular complexity index is 233. The van der Waals surface area contributed by atoms with Gasteiger partial charge in [-0.1, -0.05) is 33.1 Å². The van der Waals surface area contributed by atoms with E-state index in [4.69, 9.17) is 5.11 Å². The lowest BCUT2D eigenvalue weighted by atomic mass is 10.1. The number of Topliss-reactive ketones (excluding diaryl/α,β-unsaturated/α-hetero) is 2. The Morgan fingerprint density at radius 2 is 1.50 bits per heavy atom. The fourth-order valence-electron chi connectivity index (χ4n) is 1.16. The summed E-state index contributed by atoms with van der Waals surface area (Å²) in [6.07, 6.45) is 6.62. The molecule has 1 N–H and O–H groups in total. The SMILES string of the molecule is CC(C)=O.CCCCC=O.CCCC[C@@H](O)CC(C)=O. The Morgan fingerprint density at radius 1 is 1.05 bits per heavy atom. The Balaban J connectivity index is -0.000000246. The summed E-state index contributed by atoms with van der Waals surface area (Å²) in [5.74, 6) is 0.239. The zero-order chi connectivity index (χ0) is 16.4. The molecule has 4 nitrogen and oxygen atoms in total. The molecular formula is C16H32O4. The standard InChI is InChI=1S/C8H16O2.C5H10O.C3H6O/c1-3-4-5-8(10)6-7(2)9;1-2-3-4-5-6;1-3(2)4/h8,10H,3-6H2,1-2H3;5H,2-4H2,1H3;1-2H3/t8-;;/m1../s1. The fraction of sp³-hybridized carbons (Fsp3) is 0.812. The monoisotopic (exact) mass is 288 g/mol. The first-order valence-corrected chi connectivity index (χ1v) is 7.39. The van der Waals surface area contributed by atoms with E-state index in [0.29, 0.717) is 6.42 Å². The van der Waals surface area contributed by atoms with Gasteiger partial charge in [0.25, 0.3) is 0 Å². The van der Waals surface area contributed by atoms with Crippen molar-refractivity contribution in [2.24, 2.45) is 0 Å². The van der Waals surface area contributed by atoms with E-state index in [0.717, 1.165) is 44.8 Å². The van der Waals surface area contributed by atoms with E-state index >= 15 is 0 Å². The first-order valence-electron chi connectivity index (χ1n) is 7.39. The minimum absolute atomic E-state index is 0.0728. The molecule has 0 saturated heterocycles. The summed E-state index contributed by atoms with van der Waals surface area (Å²) >= 11 is 0. The molecule has 0 unspecified atom stereocenters. The molecule has 120 valence electrons. The highest BCUT2D eigenvalue weighted by atomic mass is 16.3. The van der Waals surface area contributed by atoms with E-state index in [2.05, 4.69) is 13.8 Å². The number of carbonyl (C=O) groups excluding carboxylic acids is 3. The molecule has 0 saturated carbocycles. The van der Waals surface area contributed by atoms with E-state index < -0.39 is 6.10 Å². The van der Waals surface area contributed by atoms with Gasteiger partial charge in [0.2, 0.25) is 0 Å². The van der Waals surface area contributed by atoms with E-state index in [-0.39, 0.29) is 11.6 Å². The molecule has 20 heavy (non-hydrogen) atoms. The van der Waals surface area contributed by atoms with Crippen molar-refractivity contribution in [1.82, 2.24) is 0 Å². The predicted molar refractivity (Wildman–Crippen MR) is 82.8 cm³/mol. The lowest BCUT2D eigenvalue weighted by Crippen LogP contribution is -2.10. The summed E-state index contributed by atoms with van der Waals surface area (Å²) in [5, 5.41) is 9.13. The van der Waals surface area contributed by atoms with Gasteiger partial charge in [0, 0.05) is 12.8 Å². The summed E-state index contributed by atoms with van der Waals surface area (Å²) in [4.78, 5) is 29.5. The van der Waals surface area contributed by atoms with Crippen molar-refractivity contribution in [2.45, 2.75) is 85.7 Å². The Kier molecular flexibility index (Phi) is 24.4. The summed E-state index contributed by atoms with van der Waals surface area (Å²) in [6.45, 7) is 8.71. The zero-order valence-corrected chi connectivity index (χ0v) is 13.8. The molecule has 0 rings (SSSR count). The van der Waals surface area contributed by atoms with Gasteiger partial charge in [-0.2, -0.15) is 0 Å². The molecular weight excluding hydrogens is 256 g/mol. The third-order valence-electron chi connectivity index (χ3n) is 2.09. The van der Waals surface area contributed by atoms with Crippen LogP contribution in [0.5, 0.6) is 0 Å². The van der Waals surface area contributed by atoms with Crippen LogP contribution in [-0.4, -0.2) is 29.1 Å². The molecule has 0 aromatic heterocycles. The fourth-order valence-corrected chi connectivity index (χ4v) is 1.16. The largest absolute Gasteiger partial charge is 0.393 e. The molecule has 0 aliphatic carbocycles. The average Bonchev–Trinajstić information content (AvgIpc) is 2.33. The van der Waals surface area contributed by atoms with Crippen molar-refractivity contribution in [3.63, 3.8) is 0 Å². The highest BCUT2D eigenvalue weighted by Gasteiger charge is 2.05. The zero-order valence-electron chi connectivity index (χ0n) is 13.8. The molecule has 0 aliphatic heterocycles. The first-order chi connectivity index (χ1) is 9.31. The highest BCUT2D eigenvalue weighted by molar-refractivity contribution is 5.75. The molecule has 0 amide bonds. The van der Waals surface area contributed by atoms with Crippen LogP contribution in [-0.2, 0) is 14.4 Å². The van der Waals surface area contributed by atoms with Gasteiger partial charge in [0.1, 0.15) is 17.9 Å². The highest BCUT2D eigenvalue weighted by Crippen LogP contribution is 2.03. The van der Waals surface area contributed by atoms with Gasteiger partial charge >= 0.3 is 0 Å². The van der Waals surface area contributed by atoms with Gasteiger partial charge in [-0.25, -0.2) is 0 Å². The molecule has 0 aliphatic rings. The van der Waals surface area contributed by atoms with Crippen molar-refractivity contribution in [3.8, 4) is 0 Å². The van der Waals surface area contributed by atoms with Crippen LogP contribution in [0.3, 0.4) is 0 Å². The first kappa shape index (κ1) is 24.0.